The molecule has 0 aromatic heterocycles. The Morgan fingerprint density at radius 2 is 1.78 bits per heavy atom. The maximum atomic E-state index is 11.8. The SMILES string of the molecule is CC(C)NC(=O)CCCC(=O)c1ccc(Cl)cc1. The first-order valence-electron chi connectivity index (χ1n) is 6.07. The summed E-state index contributed by atoms with van der Waals surface area (Å²) in [7, 11) is 0. The summed E-state index contributed by atoms with van der Waals surface area (Å²) >= 11 is 5.75. The van der Waals surface area contributed by atoms with Crippen LogP contribution in [-0.2, 0) is 4.79 Å². The fourth-order valence-corrected chi connectivity index (χ4v) is 1.71. The van der Waals surface area contributed by atoms with Crippen LogP contribution in [0.15, 0.2) is 24.3 Å². The number of ketones is 1. The molecule has 1 amide bonds. The summed E-state index contributed by atoms with van der Waals surface area (Å²) in [5, 5.41) is 3.41. The number of Topliss-reactive ketones (excluding diaryl/α,β-unsaturated/α-hetero) is 1. The van der Waals surface area contributed by atoms with E-state index in [1.54, 1.807) is 24.3 Å². The molecule has 0 aliphatic rings. The molecule has 1 N–H and O–H groups in total. The van der Waals surface area contributed by atoms with Gasteiger partial charge in [0.15, 0.2) is 5.78 Å². The molecule has 0 atom stereocenters. The van der Waals surface area contributed by atoms with E-state index in [4.69, 9.17) is 11.6 Å². The molecule has 98 valence electrons. The van der Waals surface area contributed by atoms with Crippen LogP contribution in [-0.4, -0.2) is 17.7 Å². The van der Waals surface area contributed by atoms with Gasteiger partial charge in [0, 0.05) is 29.5 Å². The number of hydrogen-bond donors (Lipinski definition) is 1. The van der Waals surface area contributed by atoms with Gasteiger partial charge in [0.25, 0.3) is 0 Å². The predicted molar refractivity (Wildman–Crippen MR) is 72.9 cm³/mol. The van der Waals surface area contributed by atoms with Crippen molar-refractivity contribution < 1.29 is 9.59 Å². The molecule has 4 heteroatoms. The van der Waals surface area contributed by atoms with Crippen LogP contribution < -0.4 is 5.32 Å². The van der Waals surface area contributed by atoms with E-state index in [0.717, 1.165) is 0 Å². The molecule has 0 unspecified atom stereocenters. The zero-order valence-electron chi connectivity index (χ0n) is 10.7. The molecule has 0 heterocycles. The lowest BCUT2D eigenvalue weighted by atomic mass is 10.1. The fourth-order valence-electron chi connectivity index (χ4n) is 1.58. The Kier molecular flexibility index (Phi) is 5.86. The van der Waals surface area contributed by atoms with E-state index in [1.165, 1.54) is 0 Å². The second-order valence-corrected chi connectivity index (χ2v) is 4.94. The van der Waals surface area contributed by atoms with Crippen molar-refractivity contribution in [2.75, 3.05) is 0 Å². The smallest absolute Gasteiger partial charge is 0.220 e. The van der Waals surface area contributed by atoms with Gasteiger partial charge in [-0.15, -0.1) is 0 Å². The molecule has 0 radical (unpaired) electrons. The number of hydrogen-bond acceptors (Lipinski definition) is 2. The Morgan fingerprint density at radius 1 is 1.17 bits per heavy atom. The lowest BCUT2D eigenvalue weighted by Gasteiger charge is -2.07. The van der Waals surface area contributed by atoms with Crippen LogP contribution in [0.3, 0.4) is 0 Å². The zero-order valence-corrected chi connectivity index (χ0v) is 11.5. The van der Waals surface area contributed by atoms with Crippen LogP contribution in [0.2, 0.25) is 5.02 Å². The highest BCUT2D eigenvalue weighted by Crippen LogP contribution is 2.12. The topological polar surface area (TPSA) is 46.2 Å². The van der Waals surface area contributed by atoms with Gasteiger partial charge in [0.1, 0.15) is 0 Å². The van der Waals surface area contributed by atoms with Crippen molar-refractivity contribution in [3.63, 3.8) is 0 Å². The Labute approximate surface area is 113 Å². The van der Waals surface area contributed by atoms with Gasteiger partial charge in [-0.25, -0.2) is 0 Å². The maximum absolute atomic E-state index is 11.8. The van der Waals surface area contributed by atoms with Gasteiger partial charge in [-0.1, -0.05) is 11.6 Å². The van der Waals surface area contributed by atoms with E-state index in [-0.39, 0.29) is 17.7 Å². The normalized spacial score (nSPS) is 10.4. The van der Waals surface area contributed by atoms with Gasteiger partial charge in [0.05, 0.1) is 0 Å². The Hall–Kier alpha value is -1.35. The third-order valence-electron chi connectivity index (χ3n) is 2.42. The second kappa shape index (κ2) is 7.17. The Bertz CT molecular complexity index is 412. The minimum Gasteiger partial charge on any atom is -0.354 e. The molecule has 0 aliphatic heterocycles. The maximum Gasteiger partial charge on any atom is 0.220 e. The summed E-state index contributed by atoms with van der Waals surface area (Å²) < 4.78 is 0. The first-order chi connectivity index (χ1) is 8.49. The minimum absolute atomic E-state index is 0.00564. The zero-order chi connectivity index (χ0) is 13.5. The van der Waals surface area contributed by atoms with Gasteiger partial charge in [-0.2, -0.15) is 0 Å². The third-order valence-corrected chi connectivity index (χ3v) is 2.68. The predicted octanol–water partition coefficient (Wildman–Crippen LogP) is 3.22. The number of carbonyl (C=O) groups is 2. The number of benzene rings is 1. The van der Waals surface area contributed by atoms with Crippen molar-refractivity contribution in [2.45, 2.75) is 39.2 Å². The van der Waals surface area contributed by atoms with Crippen LogP contribution in [0.1, 0.15) is 43.5 Å². The molecule has 0 aliphatic carbocycles. The van der Waals surface area contributed by atoms with Crippen molar-refractivity contribution in [1.29, 1.82) is 0 Å². The van der Waals surface area contributed by atoms with Gasteiger partial charge >= 0.3 is 0 Å². The fraction of sp³-hybridized carbons (Fsp3) is 0.429. The van der Waals surface area contributed by atoms with Gasteiger partial charge in [-0.05, 0) is 44.5 Å². The lowest BCUT2D eigenvalue weighted by molar-refractivity contribution is -0.121. The highest BCUT2D eigenvalue weighted by molar-refractivity contribution is 6.30. The molecule has 0 fully saturated rings. The quantitative estimate of drug-likeness (QED) is 0.805. The Morgan fingerprint density at radius 3 is 2.33 bits per heavy atom. The minimum atomic E-state index is -0.00564. The summed E-state index contributed by atoms with van der Waals surface area (Å²) in [6, 6.07) is 6.95. The highest BCUT2D eigenvalue weighted by atomic mass is 35.5. The molecular weight excluding hydrogens is 250 g/mol. The third kappa shape index (κ3) is 5.32. The number of carbonyl (C=O) groups excluding carboxylic acids is 2. The second-order valence-electron chi connectivity index (χ2n) is 4.51. The molecule has 1 aromatic carbocycles. The first-order valence-corrected chi connectivity index (χ1v) is 6.45. The van der Waals surface area contributed by atoms with Crippen LogP contribution in [0.4, 0.5) is 0 Å². The van der Waals surface area contributed by atoms with Crippen molar-refractivity contribution in [1.82, 2.24) is 5.32 Å². The summed E-state index contributed by atoms with van der Waals surface area (Å²) in [5.41, 5.74) is 0.642. The summed E-state index contributed by atoms with van der Waals surface area (Å²) in [5.74, 6) is 0.0397. The van der Waals surface area contributed by atoms with Crippen LogP contribution in [0.25, 0.3) is 0 Å². The molecular formula is C14H18ClNO2. The first kappa shape index (κ1) is 14.7. The van der Waals surface area contributed by atoms with Crippen molar-refractivity contribution >= 4 is 23.3 Å². The summed E-state index contributed by atoms with van der Waals surface area (Å²) in [6.07, 6.45) is 1.34. The van der Waals surface area contributed by atoms with E-state index in [2.05, 4.69) is 5.32 Å². The average molecular weight is 268 g/mol. The molecule has 0 spiro atoms. The van der Waals surface area contributed by atoms with E-state index in [9.17, 15) is 9.59 Å². The Balaban J connectivity index is 2.33. The standard InChI is InChI=1S/C14H18ClNO2/c1-10(2)16-14(18)5-3-4-13(17)11-6-8-12(15)9-7-11/h6-10H,3-5H2,1-2H3,(H,16,18). The van der Waals surface area contributed by atoms with Crippen LogP contribution in [0, 0.1) is 0 Å². The van der Waals surface area contributed by atoms with Crippen LogP contribution >= 0.6 is 11.6 Å². The van der Waals surface area contributed by atoms with E-state index >= 15 is 0 Å². The molecule has 1 aromatic rings. The molecule has 18 heavy (non-hydrogen) atoms. The van der Waals surface area contributed by atoms with Crippen molar-refractivity contribution in [3.8, 4) is 0 Å². The largest absolute Gasteiger partial charge is 0.354 e. The van der Waals surface area contributed by atoms with Gasteiger partial charge < -0.3 is 5.32 Å². The monoisotopic (exact) mass is 267 g/mol. The number of amides is 1. The molecule has 1 rings (SSSR count). The van der Waals surface area contributed by atoms with Crippen LogP contribution in [0.5, 0.6) is 0 Å². The van der Waals surface area contributed by atoms with E-state index in [0.29, 0.717) is 29.8 Å². The molecule has 0 saturated heterocycles. The van der Waals surface area contributed by atoms with E-state index in [1.807, 2.05) is 13.8 Å². The number of halogens is 1. The number of nitrogens with one attached hydrogen (secondary N) is 1. The van der Waals surface area contributed by atoms with E-state index < -0.39 is 0 Å². The average Bonchev–Trinajstić information content (AvgIpc) is 2.28. The highest BCUT2D eigenvalue weighted by Gasteiger charge is 2.08. The van der Waals surface area contributed by atoms with Crippen molar-refractivity contribution in [3.05, 3.63) is 34.9 Å². The molecule has 0 bridgehead atoms. The summed E-state index contributed by atoms with van der Waals surface area (Å²) in [4.78, 5) is 23.2. The van der Waals surface area contributed by atoms with Gasteiger partial charge in [0.2, 0.25) is 5.91 Å². The van der Waals surface area contributed by atoms with Crippen molar-refractivity contribution in [2.24, 2.45) is 0 Å². The lowest BCUT2D eigenvalue weighted by Crippen LogP contribution is -2.29. The van der Waals surface area contributed by atoms with Gasteiger partial charge in [-0.3, -0.25) is 9.59 Å². The molecule has 0 saturated carbocycles. The molecule has 3 nitrogen and oxygen atoms in total. The number of rotatable bonds is 6. The summed E-state index contributed by atoms with van der Waals surface area (Å²) in [6.45, 7) is 3.83.